The number of rotatable bonds is 4. The summed E-state index contributed by atoms with van der Waals surface area (Å²) in [6.07, 6.45) is 1.93. The molecular weight excluding hydrogens is 226 g/mol. The predicted molar refractivity (Wildman–Crippen MR) is 73.7 cm³/mol. The van der Waals surface area contributed by atoms with Gasteiger partial charge in [0.2, 0.25) is 0 Å². The van der Waals surface area contributed by atoms with Crippen molar-refractivity contribution in [2.24, 2.45) is 5.92 Å². The fourth-order valence-electron chi connectivity index (χ4n) is 2.50. The van der Waals surface area contributed by atoms with Crippen molar-refractivity contribution >= 4 is 5.69 Å². The molecule has 0 saturated carbocycles. The van der Waals surface area contributed by atoms with Crippen LogP contribution in [-0.2, 0) is 4.74 Å². The minimum absolute atomic E-state index is 0.147. The zero-order chi connectivity index (χ0) is 13.0. The molecule has 0 spiro atoms. The third kappa shape index (κ3) is 3.03. The van der Waals surface area contributed by atoms with Gasteiger partial charge in [0.15, 0.2) is 0 Å². The first-order chi connectivity index (χ1) is 8.65. The maximum atomic E-state index is 9.78. The van der Waals surface area contributed by atoms with Gasteiger partial charge >= 0.3 is 0 Å². The van der Waals surface area contributed by atoms with E-state index >= 15 is 0 Å². The second-order valence-corrected chi connectivity index (χ2v) is 5.54. The summed E-state index contributed by atoms with van der Waals surface area (Å²) in [5, 5.41) is 13.3. The predicted octanol–water partition coefficient (Wildman–Crippen LogP) is 2.66. The van der Waals surface area contributed by atoms with Crippen LogP contribution in [0.4, 0.5) is 5.69 Å². The summed E-state index contributed by atoms with van der Waals surface area (Å²) >= 11 is 0. The summed E-state index contributed by atoms with van der Waals surface area (Å²) in [6.45, 7) is 5.19. The number of anilines is 1. The molecule has 0 bridgehead atoms. The van der Waals surface area contributed by atoms with Crippen LogP contribution in [0.1, 0.15) is 26.7 Å². The second kappa shape index (κ2) is 5.72. The third-order valence-electron chi connectivity index (χ3n) is 3.73. The minimum atomic E-state index is -0.242. The van der Waals surface area contributed by atoms with Crippen molar-refractivity contribution in [1.29, 1.82) is 0 Å². The van der Waals surface area contributed by atoms with Crippen LogP contribution in [0.15, 0.2) is 30.3 Å². The van der Waals surface area contributed by atoms with Gasteiger partial charge in [0.05, 0.1) is 18.2 Å². The van der Waals surface area contributed by atoms with Gasteiger partial charge in [-0.25, -0.2) is 0 Å². The molecule has 2 N–H and O–H groups in total. The Kier molecular flexibility index (Phi) is 4.25. The van der Waals surface area contributed by atoms with Gasteiger partial charge in [0.1, 0.15) is 0 Å². The fourth-order valence-corrected chi connectivity index (χ4v) is 2.50. The SMILES string of the molecule is CC(C)C1CC(CO)(Nc2ccccc2)CCO1. The number of aliphatic hydroxyl groups excluding tert-OH is 1. The number of ether oxygens (including phenoxy) is 1. The lowest BCUT2D eigenvalue weighted by Crippen LogP contribution is -2.50. The summed E-state index contributed by atoms with van der Waals surface area (Å²) in [5.41, 5.74) is 0.824. The number of hydrogen-bond acceptors (Lipinski definition) is 3. The smallest absolute Gasteiger partial charge is 0.0663 e. The molecule has 2 unspecified atom stereocenters. The standard InChI is InChI=1S/C15H23NO2/c1-12(2)14-10-15(11-17,8-9-18-14)16-13-6-4-3-5-7-13/h3-7,12,14,16-17H,8-11H2,1-2H3. The van der Waals surface area contributed by atoms with Crippen LogP contribution in [-0.4, -0.2) is 30.0 Å². The zero-order valence-electron chi connectivity index (χ0n) is 11.2. The molecule has 1 heterocycles. The first-order valence-electron chi connectivity index (χ1n) is 6.71. The van der Waals surface area contributed by atoms with Crippen molar-refractivity contribution in [3.05, 3.63) is 30.3 Å². The van der Waals surface area contributed by atoms with Crippen molar-refractivity contribution in [2.75, 3.05) is 18.5 Å². The summed E-state index contributed by atoms with van der Waals surface area (Å²) in [7, 11) is 0. The molecule has 1 aliphatic rings. The van der Waals surface area contributed by atoms with E-state index in [9.17, 15) is 5.11 Å². The number of benzene rings is 1. The molecule has 1 fully saturated rings. The van der Waals surface area contributed by atoms with E-state index in [2.05, 4.69) is 19.2 Å². The monoisotopic (exact) mass is 249 g/mol. The van der Waals surface area contributed by atoms with E-state index in [1.54, 1.807) is 0 Å². The molecule has 1 aromatic rings. The molecule has 3 nitrogen and oxygen atoms in total. The van der Waals surface area contributed by atoms with E-state index in [1.807, 2.05) is 30.3 Å². The van der Waals surface area contributed by atoms with E-state index in [0.29, 0.717) is 12.5 Å². The highest BCUT2D eigenvalue weighted by atomic mass is 16.5. The zero-order valence-corrected chi connectivity index (χ0v) is 11.2. The van der Waals surface area contributed by atoms with Gasteiger partial charge in [-0.05, 0) is 30.9 Å². The Hall–Kier alpha value is -1.06. The summed E-state index contributed by atoms with van der Waals surface area (Å²) in [5.74, 6) is 0.480. The van der Waals surface area contributed by atoms with Crippen LogP contribution >= 0.6 is 0 Å². The number of aliphatic hydroxyl groups is 1. The van der Waals surface area contributed by atoms with Crippen LogP contribution in [0.3, 0.4) is 0 Å². The first kappa shape index (κ1) is 13.4. The topological polar surface area (TPSA) is 41.5 Å². The van der Waals surface area contributed by atoms with Crippen LogP contribution in [0.5, 0.6) is 0 Å². The second-order valence-electron chi connectivity index (χ2n) is 5.54. The van der Waals surface area contributed by atoms with Crippen LogP contribution in [0.25, 0.3) is 0 Å². The number of hydrogen-bond donors (Lipinski definition) is 2. The molecule has 1 aromatic carbocycles. The Balaban J connectivity index is 2.10. The lowest BCUT2D eigenvalue weighted by Gasteiger charge is -2.42. The van der Waals surface area contributed by atoms with Gasteiger partial charge < -0.3 is 15.2 Å². The number of para-hydroxylation sites is 1. The maximum Gasteiger partial charge on any atom is 0.0663 e. The van der Waals surface area contributed by atoms with Crippen molar-refractivity contribution in [3.8, 4) is 0 Å². The molecule has 0 radical (unpaired) electrons. The molecule has 1 saturated heterocycles. The summed E-state index contributed by atoms with van der Waals surface area (Å²) in [4.78, 5) is 0. The van der Waals surface area contributed by atoms with Crippen LogP contribution in [0.2, 0.25) is 0 Å². The first-order valence-corrected chi connectivity index (χ1v) is 6.71. The summed E-state index contributed by atoms with van der Waals surface area (Å²) in [6, 6.07) is 10.1. The van der Waals surface area contributed by atoms with Crippen molar-refractivity contribution in [3.63, 3.8) is 0 Å². The molecule has 0 aliphatic carbocycles. The highest BCUT2D eigenvalue weighted by Gasteiger charge is 2.37. The largest absolute Gasteiger partial charge is 0.394 e. The lowest BCUT2D eigenvalue weighted by atomic mass is 9.83. The van der Waals surface area contributed by atoms with Gasteiger partial charge in [-0.3, -0.25) is 0 Å². The molecule has 2 rings (SSSR count). The van der Waals surface area contributed by atoms with Crippen molar-refractivity contribution < 1.29 is 9.84 Å². The minimum Gasteiger partial charge on any atom is -0.394 e. The average Bonchev–Trinajstić information content (AvgIpc) is 2.40. The molecule has 18 heavy (non-hydrogen) atoms. The quantitative estimate of drug-likeness (QED) is 0.862. The molecule has 0 aromatic heterocycles. The Labute approximate surface area is 109 Å². The Morgan fingerprint density at radius 2 is 2.11 bits per heavy atom. The third-order valence-corrected chi connectivity index (χ3v) is 3.73. The van der Waals surface area contributed by atoms with Crippen LogP contribution in [0, 0.1) is 5.92 Å². The fraction of sp³-hybridized carbons (Fsp3) is 0.600. The highest BCUT2D eigenvalue weighted by Crippen LogP contribution is 2.31. The van der Waals surface area contributed by atoms with E-state index in [4.69, 9.17) is 4.74 Å². The molecule has 0 amide bonds. The highest BCUT2D eigenvalue weighted by molar-refractivity contribution is 5.45. The Morgan fingerprint density at radius 3 is 2.72 bits per heavy atom. The maximum absolute atomic E-state index is 9.78. The lowest BCUT2D eigenvalue weighted by molar-refractivity contribution is -0.0481. The molecular formula is C15H23NO2. The van der Waals surface area contributed by atoms with Gasteiger partial charge in [-0.2, -0.15) is 0 Å². The summed E-state index contributed by atoms with van der Waals surface area (Å²) < 4.78 is 5.78. The number of nitrogens with one attached hydrogen (secondary N) is 1. The van der Waals surface area contributed by atoms with Crippen LogP contribution < -0.4 is 5.32 Å². The van der Waals surface area contributed by atoms with Crippen molar-refractivity contribution in [1.82, 2.24) is 0 Å². The molecule has 2 atom stereocenters. The van der Waals surface area contributed by atoms with E-state index < -0.39 is 0 Å². The molecule has 3 heteroatoms. The van der Waals surface area contributed by atoms with Gasteiger partial charge in [0.25, 0.3) is 0 Å². The van der Waals surface area contributed by atoms with E-state index in [0.717, 1.165) is 18.5 Å². The van der Waals surface area contributed by atoms with Gasteiger partial charge in [-0.1, -0.05) is 32.0 Å². The van der Waals surface area contributed by atoms with Gasteiger partial charge in [-0.15, -0.1) is 0 Å². The van der Waals surface area contributed by atoms with Gasteiger partial charge in [0, 0.05) is 12.3 Å². The Bertz CT molecular complexity index is 366. The molecule has 100 valence electrons. The average molecular weight is 249 g/mol. The van der Waals surface area contributed by atoms with Crippen molar-refractivity contribution in [2.45, 2.75) is 38.3 Å². The normalized spacial score (nSPS) is 28.3. The molecule has 1 aliphatic heterocycles. The van der Waals surface area contributed by atoms with E-state index in [-0.39, 0.29) is 18.2 Å². The Morgan fingerprint density at radius 1 is 1.39 bits per heavy atom. The van der Waals surface area contributed by atoms with E-state index in [1.165, 1.54) is 0 Å².